The molecule has 3 rings (SSSR count). The van der Waals surface area contributed by atoms with Crippen molar-refractivity contribution in [3.8, 4) is 11.3 Å². The molecule has 0 aliphatic rings. The molecule has 0 fully saturated rings. The van der Waals surface area contributed by atoms with Gasteiger partial charge in [-0.05, 0) is 40.5 Å². The normalized spacial score (nSPS) is 11.1. The van der Waals surface area contributed by atoms with Gasteiger partial charge in [0.2, 0.25) is 0 Å². The first-order valence-electron chi connectivity index (χ1n) is 6.01. The number of nitrogens with zero attached hydrogens (tertiary/aromatic N) is 3. The summed E-state index contributed by atoms with van der Waals surface area (Å²) < 4.78 is 2.60. The van der Waals surface area contributed by atoms with Crippen molar-refractivity contribution in [2.45, 2.75) is 13.5 Å². The minimum absolute atomic E-state index is 0.393. The van der Waals surface area contributed by atoms with Crippen LogP contribution >= 0.6 is 15.9 Å². The maximum atomic E-state index is 5.65. The van der Waals surface area contributed by atoms with Crippen molar-refractivity contribution in [3.05, 3.63) is 52.3 Å². The van der Waals surface area contributed by atoms with Crippen molar-refractivity contribution in [3.63, 3.8) is 0 Å². The van der Waals surface area contributed by atoms with Crippen LogP contribution < -0.4 is 5.73 Å². The zero-order valence-corrected chi connectivity index (χ0v) is 12.1. The quantitative estimate of drug-likeness (QED) is 0.790. The summed E-state index contributed by atoms with van der Waals surface area (Å²) in [5.41, 5.74) is 10.5. The highest BCUT2D eigenvalue weighted by Crippen LogP contribution is 2.23. The number of fused-ring (bicyclic) bond motifs is 1. The van der Waals surface area contributed by atoms with Gasteiger partial charge in [0.15, 0.2) is 5.65 Å². The fourth-order valence-corrected chi connectivity index (χ4v) is 2.60. The molecule has 5 heteroatoms. The second-order valence-electron chi connectivity index (χ2n) is 4.36. The number of nitrogens with two attached hydrogens (primary N) is 1. The summed E-state index contributed by atoms with van der Waals surface area (Å²) in [7, 11) is 0. The first kappa shape index (κ1) is 12.3. The Morgan fingerprint density at radius 2 is 2.00 bits per heavy atom. The van der Waals surface area contributed by atoms with Gasteiger partial charge in [0.25, 0.3) is 0 Å². The first-order valence-corrected chi connectivity index (χ1v) is 6.80. The fraction of sp³-hybridized carbons (Fsp3) is 0.143. The summed E-state index contributed by atoms with van der Waals surface area (Å²) >= 11 is 3.50. The van der Waals surface area contributed by atoms with Crippen molar-refractivity contribution in [2.24, 2.45) is 5.73 Å². The van der Waals surface area contributed by atoms with Crippen molar-refractivity contribution >= 4 is 21.6 Å². The van der Waals surface area contributed by atoms with E-state index in [-0.39, 0.29) is 0 Å². The van der Waals surface area contributed by atoms with E-state index in [1.807, 2.05) is 24.3 Å². The van der Waals surface area contributed by atoms with Crippen LogP contribution in [-0.2, 0) is 6.54 Å². The molecular weight excluding hydrogens is 304 g/mol. The van der Waals surface area contributed by atoms with Crippen LogP contribution in [0.3, 0.4) is 0 Å². The summed E-state index contributed by atoms with van der Waals surface area (Å²) in [4.78, 5) is 4.42. The Morgan fingerprint density at radius 1 is 1.21 bits per heavy atom. The van der Waals surface area contributed by atoms with Gasteiger partial charge in [0.1, 0.15) is 4.60 Å². The molecule has 0 spiro atoms. The smallest absolute Gasteiger partial charge is 0.155 e. The lowest BCUT2D eigenvalue weighted by molar-refractivity contribution is 0.908. The van der Waals surface area contributed by atoms with Crippen LogP contribution in [0.4, 0.5) is 0 Å². The van der Waals surface area contributed by atoms with Gasteiger partial charge in [-0.1, -0.05) is 24.3 Å². The van der Waals surface area contributed by atoms with Gasteiger partial charge in [-0.3, -0.25) is 0 Å². The van der Waals surface area contributed by atoms with E-state index < -0.39 is 0 Å². The van der Waals surface area contributed by atoms with Crippen LogP contribution in [0.2, 0.25) is 0 Å². The Labute approximate surface area is 119 Å². The van der Waals surface area contributed by atoms with E-state index in [0.717, 1.165) is 27.2 Å². The van der Waals surface area contributed by atoms with Crippen LogP contribution in [-0.4, -0.2) is 14.6 Å². The van der Waals surface area contributed by atoms with E-state index in [2.05, 4.69) is 45.1 Å². The molecular formula is C14H13BrN4. The molecule has 0 aliphatic carbocycles. The van der Waals surface area contributed by atoms with E-state index in [1.165, 1.54) is 5.56 Å². The zero-order chi connectivity index (χ0) is 13.4. The largest absolute Gasteiger partial charge is 0.325 e. The molecule has 2 N–H and O–H groups in total. The van der Waals surface area contributed by atoms with E-state index in [4.69, 9.17) is 5.73 Å². The molecule has 0 atom stereocenters. The Hall–Kier alpha value is -1.72. The van der Waals surface area contributed by atoms with Crippen molar-refractivity contribution in [2.75, 3.05) is 0 Å². The molecule has 2 heterocycles. The van der Waals surface area contributed by atoms with Crippen LogP contribution in [0.25, 0.3) is 16.9 Å². The second-order valence-corrected chi connectivity index (χ2v) is 5.11. The molecule has 3 aromatic rings. The van der Waals surface area contributed by atoms with E-state index >= 15 is 0 Å². The van der Waals surface area contributed by atoms with Gasteiger partial charge in [-0.2, -0.15) is 5.10 Å². The number of rotatable bonds is 2. The first-order chi connectivity index (χ1) is 9.20. The lowest BCUT2D eigenvalue weighted by Gasteiger charge is -2.05. The minimum Gasteiger partial charge on any atom is -0.325 e. The predicted octanol–water partition coefficient (Wildman–Crippen LogP) is 2.93. The van der Waals surface area contributed by atoms with Gasteiger partial charge in [-0.25, -0.2) is 9.50 Å². The van der Waals surface area contributed by atoms with Gasteiger partial charge in [-0.15, -0.1) is 0 Å². The highest BCUT2D eigenvalue weighted by Gasteiger charge is 2.11. The third-order valence-corrected chi connectivity index (χ3v) is 3.90. The summed E-state index contributed by atoms with van der Waals surface area (Å²) in [6.07, 6.45) is 0. The van der Waals surface area contributed by atoms with Crippen molar-refractivity contribution < 1.29 is 0 Å². The lowest BCUT2D eigenvalue weighted by atomic mass is 10.1. The summed E-state index contributed by atoms with van der Waals surface area (Å²) in [6.45, 7) is 2.47. The molecule has 0 saturated heterocycles. The summed E-state index contributed by atoms with van der Waals surface area (Å²) in [5, 5.41) is 4.63. The number of imidazole rings is 1. The van der Waals surface area contributed by atoms with Gasteiger partial charge in [0, 0.05) is 12.1 Å². The number of aryl methyl sites for hydroxylation is 1. The molecule has 0 saturated carbocycles. The summed E-state index contributed by atoms with van der Waals surface area (Å²) in [6, 6.07) is 12.1. The average Bonchev–Trinajstić information content (AvgIpc) is 2.76. The second kappa shape index (κ2) is 4.75. The number of aromatic nitrogens is 3. The Balaban J connectivity index is 2.22. The zero-order valence-electron chi connectivity index (χ0n) is 10.5. The Kier molecular flexibility index (Phi) is 3.08. The third kappa shape index (κ3) is 2.05. The molecule has 0 aliphatic heterocycles. The topological polar surface area (TPSA) is 56.2 Å². The van der Waals surface area contributed by atoms with Gasteiger partial charge >= 0.3 is 0 Å². The van der Waals surface area contributed by atoms with Crippen LogP contribution in [0.1, 0.15) is 11.3 Å². The lowest BCUT2D eigenvalue weighted by Crippen LogP contribution is -1.98. The number of benzene rings is 1. The molecule has 2 aromatic heterocycles. The van der Waals surface area contributed by atoms with Crippen LogP contribution in [0.5, 0.6) is 0 Å². The molecule has 4 nitrogen and oxygen atoms in total. The fourth-order valence-electron chi connectivity index (χ4n) is 2.09. The Morgan fingerprint density at radius 3 is 2.74 bits per heavy atom. The van der Waals surface area contributed by atoms with E-state index in [0.29, 0.717) is 6.54 Å². The molecule has 1 aromatic carbocycles. The van der Waals surface area contributed by atoms with Gasteiger partial charge < -0.3 is 5.73 Å². The van der Waals surface area contributed by atoms with Crippen molar-refractivity contribution in [1.82, 2.24) is 14.6 Å². The van der Waals surface area contributed by atoms with Crippen LogP contribution in [0.15, 0.2) is 41.0 Å². The number of hydrogen-bond acceptors (Lipinski definition) is 3. The molecule has 96 valence electrons. The maximum Gasteiger partial charge on any atom is 0.155 e. The Bertz CT molecular complexity index is 748. The van der Waals surface area contributed by atoms with Crippen molar-refractivity contribution in [1.29, 1.82) is 0 Å². The predicted molar refractivity (Wildman–Crippen MR) is 78.8 cm³/mol. The number of hydrogen-bond donors (Lipinski definition) is 1. The molecule has 0 bridgehead atoms. The van der Waals surface area contributed by atoms with Gasteiger partial charge in [0.05, 0.1) is 11.4 Å². The molecule has 19 heavy (non-hydrogen) atoms. The number of halogens is 1. The third-order valence-electron chi connectivity index (χ3n) is 3.10. The molecule has 0 radical (unpaired) electrons. The molecule has 0 amide bonds. The van der Waals surface area contributed by atoms with Crippen LogP contribution in [0, 0.1) is 6.92 Å². The average molecular weight is 317 g/mol. The highest BCUT2D eigenvalue weighted by atomic mass is 79.9. The molecule has 0 unspecified atom stereocenters. The highest BCUT2D eigenvalue weighted by molar-refractivity contribution is 9.10. The summed E-state index contributed by atoms with van der Waals surface area (Å²) in [5.74, 6) is 0. The SMILES string of the molecule is Cc1ccccc1-c1ccc2nc(CN)c(Br)n2n1. The monoisotopic (exact) mass is 316 g/mol. The van der Waals surface area contributed by atoms with E-state index in [1.54, 1.807) is 4.52 Å². The maximum absolute atomic E-state index is 5.65. The minimum atomic E-state index is 0.393. The van der Waals surface area contributed by atoms with E-state index in [9.17, 15) is 0 Å². The standard InChI is InChI=1S/C14H13BrN4/c1-9-4-2-3-5-10(9)11-6-7-13-17-12(8-16)14(15)19(13)18-11/h2-7H,8,16H2,1H3.